The first-order valence-corrected chi connectivity index (χ1v) is 20.0. The van der Waals surface area contributed by atoms with Gasteiger partial charge in [0.25, 0.3) is 11.8 Å². The maximum Gasteiger partial charge on any atom is 0.273 e. The second-order valence-electron chi connectivity index (χ2n) is 14.1. The van der Waals surface area contributed by atoms with Crippen LogP contribution in [0.4, 0.5) is 0 Å². The summed E-state index contributed by atoms with van der Waals surface area (Å²) in [6, 6.07) is 9.90. The third-order valence-corrected chi connectivity index (χ3v) is 9.82. The van der Waals surface area contributed by atoms with Crippen molar-refractivity contribution in [3.05, 3.63) is 58.7 Å². The standard InChI is InChI=1S/C42H66N4O6/c1-5-9-12-15-17-19-22-31-25-27-37(47)35(29-31)41(51)45-43-39(49)33(8-4)34(24-21-14-11-7-3)40(50)44-46-42(52)36-30-32(26-28-38(36)48)23-20-18-16-13-10-6-2/h25-30,33-34,47-48H,5-24H2,1-4H3,(H,43,49)(H,44,50)(H,45,51)(H,46,52). The van der Waals surface area contributed by atoms with Crippen molar-refractivity contribution in [3.8, 4) is 11.5 Å². The minimum Gasteiger partial charge on any atom is -0.507 e. The average Bonchev–Trinajstić information content (AvgIpc) is 3.14. The summed E-state index contributed by atoms with van der Waals surface area (Å²) in [4.78, 5) is 53.2. The highest BCUT2D eigenvalue weighted by molar-refractivity contribution is 5.99. The van der Waals surface area contributed by atoms with Crippen LogP contribution in [0.3, 0.4) is 0 Å². The average molecular weight is 723 g/mol. The van der Waals surface area contributed by atoms with Crippen molar-refractivity contribution in [1.29, 1.82) is 0 Å². The summed E-state index contributed by atoms with van der Waals surface area (Å²) in [6.45, 7) is 8.25. The summed E-state index contributed by atoms with van der Waals surface area (Å²) in [7, 11) is 0. The molecule has 2 unspecified atom stereocenters. The lowest BCUT2D eigenvalue weighted by molar-refractivity contribution is -0.136. The molecule has 0 aliphatic rings. The van der Waals surface area contributed by atoms with Crippen molar-refractivity contribution in [3.63, 3.8) is 0 Å². The molecule has 0 bridgehead atoms. The first-order chi connectivity index (χ1) is 25.2. The number of benzene rings is 2. The lowest BCUT2D eigenvalue weighted by atomic mass is 9.84. The number of hydrogen-bond acceptors (Lipinski definition) is 6. The van der Waals surface area contributed by atoms with Crippen LogP contribution in [-0.2, 0) is 22.4 Å². The van der Waals surface area contributed by atoms with Crippen LogP contribution in [-0.4, -0.2) is 33.8 Å². The van der Waals surface area contributed by atoms with Crippen LogP contribution in [0.1, 0.15) is 175 Å². The number of unbranched alkanes of at least 4 members (excludes halogenated alkanes) is 13. The normalized spacial score (nSPS) is 12.2. The van der Waals surface area contributed by atoms with E-state index in [1.54, 1.807) is 31.2 Å². The predicted octanol–water partition coefficient (Wildman–Crippen LogP) is 8.74. The minimum absolute atomic E-state index is 0.0627. The molecule has 0 aromatic heterocycles. The highest BCUT2D eigenvalue weighted by atomic mass is 16.3. The third-order valence-electron chi connectivity index (χ3n) is 9.82. The molecule has 4 amide bonds. The number of rotatable bonds is 25. The van der Waals surface area contributed by atoms with E-state index in [1.165, 1.54) is 63.5 Å². The number of carbonyl (C=O) groups excluding carboxylic acids is 4. The molecule has 52 heavy (non-hydrogen) atoms. The molecule has 10 nitrogen and oxygen atoms in total. The van der Waals surface area contributed by atoms with Gasteiger partial charge >= 0.3 is 0 Å². The molecule has 2 aromatic rings. The Kier molecular flexibility index (Phi) is 21.9. The maximum absolute atomic E-state index is 13.6. The number of carbonyl (C=O) groups is 4. The van der Waals surface area contributed by atoms with Gasteiger partial charge in [-0.15, -0.1) is 0 Å². The molecule has 2 aromatic carbocycles. The Bertz CT molecular complexity index is 1380. The van der Waals surface area contributed by atoms with Crippen molar-refractivity contribution in [2.24, 2.45) is 11.8 Å². The van der Waals surface area contributed by atoms with Crippen molar-refractivity contribution in [2.75, 3.05) is 0 Å². The lowest BCUT2D eigenvalue weighted by Gasteiger charge is -2.25. The number of aryl methyl sites for hydroxylation is 2. The lowest BCUT2D eigenvalue weighted by Crippen LogP contribution is -2.51. The zero-order chi connectivity index (χ0) is 38.1. The highest BCUT2D eigenvalue weighted by Gasteiger charge is 2.33. The molecular formula is C42H66N4O6. The number of phenolic OH excluding ortho intramolecular Hbond substituents is 2. The van der Waals surface area contributed by atoms with Gasteiger partial charge in [0.05, 0.1) is 23.0 Å². The van der Waals surface area contributed by atoms with Gasteiger partial charge in [0.2, 0.25) is 11.8 Å². The van der Waals surface area contributed by atoms with Crippen molar-refractivity contribution in [1.82, 2.24) is 21.7 Å². The highest BCUT2D eigenvalue weighted by Crippen LogP contribution is 2.25. The molecule has 0 heterocycles. The molecule has 0 aliphatic heterocycles. The van der Waals surface area contributed by atoms with Crippen LogP contribution < -0.4 is 21.7 Å². The van der Waals surface area contributed by atoms with E-state index in [0.717, 1.165) is 68.9 Å². The van der Waals surface area contributed by atoms with Crippen LogP contribution in [0.15, 0.2) is 36.4 Å². The molecule has 290 valence electrons. The van der Waals surface area contributed by atoms with E-state index in [1.807, 2.05) is 0 Å². The summed E-state index contributed by atoms with van der Waals surface area (Å²) in [5, 5.41) is 20.8. The number of aromatic hydroxyl groups is 2. The molecule has 0 aliphatic carbocycles. The van der Waals surface area contributed by atoms with Gasteiger partial charge in [0.15, 0.2) is 0 Å². The minimum atomic E-state index is -0.805. The number of nitrogens with one attached hydrogen (secondary N) is 4. The van der Waals surface area contributed by atoms with Crippen LogP contribution in [0, 0.1) is 11.8 Å². The van der Waals surface area contributed by atoms with Gasteiger partial charge in [0.1, 0.15) is 11.5 Å². The fraction of sp³-hybridized carbons (Fsp3) is 0.619. The molecular weight excluding hydrogens is 656 g/mol. The third kappa shape index (κ3) is 16.1. The summed E-state index contributed by atoms with van der Waals surface area (Å²) in [5.41, 5.74) is 11.8. The van der Waals surface area contributed by atoms with Crippen LogP contribution in [0.2, 0.25) is 0 Å². The molecule has 0 spiro atoms. The zero-order valence-electron chi connectivity index (χ0n) is 32.3. The largest absolute Gasteiger partial charge is 0.507 e. The van der Waals surface area contributed by atoms with Gasteiger partial charge in [-0.25, -0.2) is 0 Å². The quantitative estimate of drug-likeness (QED) is 0.0445. The Morgan fingerprint density at radius 1 is 0.500 bits per heavy atom. The molecule has 2 atom stereocenters. The van der Waals surface area contributed by atoms with Gasteiger partial charge in [0, 0.05) is 0 Å². The topological polar surface area (TPSA) is 157 Å². The molecule has 0 saturated carbocycles. The first-order valence-electron chi connectivity index (χ1n) is 20.0. The van der Waals surface area contributed by atoms with E-state index in [0.29, 0.717) is 19.3 Å². The van der Waals surface area contributed by atoms with Crippen LogP contribution in [0.5, 0.6) is 11.5 Å². The summed E-state index contributed by atoms with van der Waals surface area (Å²) >= 11 is 0. The van der Waals surface area contributed by atoms with Gasteiger partial charge in [-0.3, -0.25) is 40.9 Å². The Labute approximate surface area is 312 Å². The van der Waals surface area contributed by atoms with E-state index < -0.39 is 35.5 Å². The SMILES string of the molecule is CCCCCCCCc1ccc(O)c(C(=O)NNC(=O)C(CC)C(CCCCCC)C(=O)NNC(=O)c2cc(CCCCCCCC)ccc2O)c1. The van der Waals surface area contributed by atoms with Gasteiger partial charge < -0.3 is 10.2 Å². The Morgan fingerprint density at radius 2 is 0.885 bits per heavy atom. The molecule has 0 radical (unpaired) electrons. The summed E-state index contributed by atoms with van der Waals surface area (Å²) in [5.74, 6) is -4.34. The van der Waals surface area contributed by atoms with Gasteiger partial charge in [-0.05, 0) is 73.9 Å². The number of hydrogen-bond donors (Lipinski definition) is 6. The van der Waals surface area contributed by atoms with E-state index in [4.69, 9.17) is 0 Å². The van der Waals surface area contributed by atoms with Crippen molar-refractivity contribution >= 4 is 23.6 Å². The molecule has 6 N–H and O–H groups in total. The number of hydrazine groups is 2. The fourth-order valence-corrected chi connectivity index (χ4v) is 6.58. The summed E-state index contributed by atoms with van der Waals surface area (Å²) in [6.07, 6.45) is 19.7. The van der Waals surface area contributed by atoms with E-state index >= 15 is 0 Å². The van der Waals surface area contributed by atoms with E-state index in [-0.39, 0.29) is 22.6 Å². The first kappa shape index (κ1) is 44.1. The molecule has 2 rings (SSSR count). The molecule has 0 fully saturated rings. The smallest absolute Gasteiger partial charge is 0.273 e. The van der Waals surface area contributed by atoms with E-state index in [9.17, 15) is 29.4 Å². The second kappa shape index (κ2) is 25.8. The molecule has 0 saturated heterocycles. The van der Waals surface area contributed by atoms with Gasteiger partial charge in [-0.1, -0.05) is 130 Å². The van der Waals surface area contributed by atoms with E-state index in [2.05, 4.69) is 42.5 Å². The zero-order valence-corrected chi connectivity index (χ0v) is 32.3. The number of phenols is 2. The van der Waals surface area contributed by atoms with Crippen LogP contribution in [0.25, 0.3) is 0 Å². The number of amides is 4. The maximum atomic E-state index is 13.6. The van der Waals surface area contributed by atoms with Crippen LogP contribution >= 0.6 is 0 Å². The predicted molar refractivity (Wildman–Crippen MR) is 208 cm³/mol. The van der Waals surface area contributed by atoms with Gasteiger partial charge in [-0.2, -0.15) is 0 Å². The van der Waals surface area contributed by atoms with Crippen molar-refractivity contribution in [2.45, 2.75) is 156 Å². The monoisotopic (exact) mass is 722 g/mol. The Balaban J connectivity index is 2.04. The Morgan fingerprint density at radius 3 is 1.31 bits per heavy atom. The summed E-state index contributed by atoms with van der Waals surface area (Å²) < 4.78 is 0. The van der Waals surface area contributed by atoms with Crippen molar-refractivity contribution < 1.29 is 29.4 Å². The Hall–Kier alpha value is -4.08. The molecule has 10 heteroatoms. The fourth-order valence-electron chi connectivity index (χ4n) is 6.58. The second-order valence-corrected chi connectivity index (χ2v) is 14.1.